The molecule has 2 rings (SSSR count). The van der Waals surface area contributed by atoms with Gasteiger partial charge < -0.3 is 5.73 Å². The van der Waals surface area contributed by atoms with Gasteiger partial charge in [-0.1, -0.05) is 33.6 Å². The van der Waals surface area contributed by atoms with E-state index in [-0.39, 0.29) is 10.6 Å². The van der Waals surface area contributed by atoms with Crippen molar-refractivity contribution in [3.8, 4) is 0 Å². The number of anilines is 2. The lowest BCUT2D eigenvalue weighted by molar-refractivity contribution is 0.601. The first-order valence-corrected chi connectivity index (χ1v) is 7.87. The number of rotatable bonds is 3. The van der Waals surface area contributed by atoms with E-state index in [2.05, 4.69) is 20.7 Å². The van der Waals surface area contributed by atoms with Crippen molar-refractivity contribution in [2.45, 2.75) is 4.90 Å². The van der Waals surface area contributed by atoms with E-state index in [1.165, 1.54) is 24.3 Å². The molecule has 0 aliphatic rings. The molecule has 0 bridgehead atoms. The topological polar surface area (TPSA) is 72.2 Å². The number of halogens is 2. The van der Waals surface area contributed by atoms with Gasteiger partial charge in [0.1, 0.15) is 0 Å². The van der Waals surface area contributed by atoms with Crippen LogP contribution in [0.15, 0.2) is 51.8 Å². The van der Waals surface area contributed by atoms with Crippen LogP contribution in [0.2, 0.25) is 5.02 Å². The third kappa shape index (κ3) is 3.40. The molecule has 0 heterocycles. The SMILES string of the molecule is Nc1cc(Cl)ccc1NS(=O)(=O)c1cccc(Br)c1. The molecule has 0 aromatic heterocycles. The second-order valence-corrected chi connectivity index (χ2v) is 6.83. The molecule has 0 unspecified atom stereocenters. The van der Waals surface area contributed by atoms with E-state index in [1.807, 2.05) is 0 Å². The first-order valence-electron chi connectivity index (χ1n) is 5.22. The highest BCUT2D eigenvalue weighted by molar-refractivity contribution is 9.10. The van der Waals surface area contributed by atoms with Crippen molar-refractivity contribution in [1.82, 2.24) is 0 Å². The Kier molecular flexibility index (Phi) is 4.03. The molecular formula is C12H10BrClN2O2S. The zero-order valence-electron chi connectivity index (χ0n) is 9.60. The van der Waals surface area contributed by atoms with E-state index in [4.69, 9.17) is 17.3 Å². The number of nitrogens with two attached hydrogens (primary N) is 1. The van der Waals surface area contributed by atoms with E-state index < -0.39 is 10.0 Å². The Morgan fingerprint density at radius 2 is 1.89 bits per heavy atom. The second-order valence-electron chi connectivity index (χ2n) is 3.79. The maximum Gasteiger partial charge on any atom is 0.261 e. The van der Waals surface area contributed by atoms with Crippen LogP contribution in [-0.2, 0) is 10.0 Å². The van der Waals surface area contributed by atoms with Crippen molar-refractivity contribution in [2.24, 2.45) is 0 Å². The summed E-state index contributed by atoms with van der Waals surface area (Å²) in [4.78, 5) is 0.149. The van der Waals surface area contributed by atoms with Gasteiger partial charge in [0.15, 0.2) is 0 Å². The zero-order chi connectivity index (χ0) is 14.0. The Morgan fingerprint density at radius 1 is 1.16 bits per heavy atom. The molecule has 2 aromatic carbocycles. The van der Waals surface area contributed by atoms with Crippen molar-refractivity contribution in [3.05, 3.63) is 52.0 Å². The predicted octanol–water partition coefficient (Wildman–Crippen LogP) is 3.49. The van der Waals surface area contributed by atoms with Crippen LogP contribution in [0.25, 0.3) is 0 Å². The standard InChI is InChI=1S/C12H10BrClN2O2S/c13-8-2-1-3-10(6-8)19(17,18)16-12-5-4-9(14)7-11(12)15/h1-7,16H,15H2. The third-order valence-corrected chi connectivity index (χ3v) is 4.46. The van der Waals surface area contributed by atoms with Gasteiger partial charge in [0.25, 0.3) is 10.0 Å². The van der Waals surface area contributed by atoms with Crippen molar-refractivity contribution < 1.29 is 8.42 Å². The summed E-state index contributed by atoms with van der Waals surface area (Å²) in [5.41, 5.74) is 6.28. The summed E-state index contributed by atoms with van der Waals surface area (Å²) >= 11 is 8.99. The lowest BCUT2D eigenvalue weighted by Gasteiger charge is -2.10. The number of hydrogen-bond acceptors (Lipinski definition) is 3. The number of nitrogen functional groups attached to an aromatic ring is 1. The molecule has 0 atom stereocenters. The fourth-order valence-corrected chi connectivity index (χ4v) is 3.33. The summed E-state index contributed by atoms with van der Waals surface area (Å²) in [5.74, 6) is 0. The number of sulfonamides is 1. The molecule has 100 valence electrons. The van der Waals surface area contributed by atoms with Gasteiger partial charge in [0.05, 0.1) is 16.3 Å². The molecule has 0 aliphatic heterocycles. The summed E-state index contributed by atoms with van der Waals surface area (Å²) in [6, 6.07) is 11.0. The minimum atomic E-state index is -3.67. The highest BCUT2D eigenvalue weighted by atomic mass is 79.9. The van der Waals surface area contributed by atoms with E-state index in [1.54, 1.807) is 18.2 Å². The molecule has 19 heavy (non-hydrogen) atoms. The Hall–Kier alpha value is -1.24. The highest BCUT2D eigenvalue weighted by Gasteiger charge is 2.15. The van der Waals surface area contributed by atoms with Crippen LogP contribution in [0.4, 0.5) is 11.4 Å². The van der Waals surface area contributed by atoms with E-state index in [9.17, 15) is 8.42 Å². The number of nitrogens with one attached hydrogen (secondary N) is 1. The quantitative estimate of drug-likeness (QED) is 0.822. The van der Waals surface area contributed by atoms with Crippen LogP contribution < -0.4 is 10.5 Å². The van der Waals surface area contributed by atoms with Gasteiger partial charge in [-0.15, -0.1) is 0 Å². The minimum absolute atomic E-state index is 0.149. The van der Waals surface area contributed by atoms with Crippen LogP contribution in [0.5, 0.6) is 0 Å². The second kappa shape index (κ2) is 5.40. The monoisotopic (exact) mass is 360 g/mol. The van der Waals surface area contributed by atoms with Gasteiger partial charge in [0, 0.05) is 9.50 Å². The first-order chi connectivity index (χ1) is 8.88. The third-order valence-electron chi connectivity index (χ3n) is 2.36. The van der Waals surface area contributed by atoms with Crippen LogP contribution in [0.1, 0.15) is 0 Å². The van der Waals surface area contributed by atoms with Crippen molar-refractivity contribution in [2.75, 3.05) is 10.5 Å². The Bertz CT molecular complexity index is 719. The smallest absolute Gasteiger partial charge is 0.261 e. The van der Waals surface area contributed by atoms with Gasteiger partial charge in [-0.25, -0.2) is 8.42 Å². The van der Waals surface area contributed by atoms with Crippen LogP contribution in [0.3, 0.4) is 0 Å². The van der Waals surface area contributed by atoms with Gasteiger partial charge in [-0.3, -0.25) is 4.72 Å². The summed E-state index contributed by atoms with van der Waals surface area (Å²) < 4.78 is 27.4. The lowest BCUT2D eigenvalue weighted by Crippen LogP contribution is -2.14. The summed E-state index contributed by atoms with van der Waals surface area (Å²) in [6.45, 7) is 0. The molecule has 0 spiro atoms. The summed E-state index contributed by atoms with van der Waals surface area (Å²) in [6.07, 6.45) is 0. The average molecular weight is 362 g/mol. The summed E-state index contributed by atoms with van der Waals surface area (Å²) in [7, 11) is -3.67. The van der Waals surface area contributed by atoms with Crippen LogP contribution >= 0.6 is 27.5 Å². The van der Waals surface area contributed by atoms with Gasteiger partial charge in [-0.05, 0) is 36.4 Å². The molecule has 0 saturated carbocycles. The molecular weight excluding hydrogens is 352 g/mol. The fourth-order valence-electron chi connectivity index (χ4n) is 1.46. The molecule has 2 aromatic rings. The first kappa shape index (κ1) is 14.2. The highest BCUT2D eigenvalue weighted by Crippen LogP contribution is 2.26. The predicted molar refractivity (Wildman–Crippen MR) is 80.8 cm³/mol. The average Bonchev–Trinajstić information content (AvgIpc) is 2.33. The van der Waals surface area contributed by atoms with Gasteiger partial charge in [-0.2, -0.15) is 0 Å². The molecule has 7 heteroatoms. The maximum absolute atomic E-state index is 12.2. The largest absolute Gasteiger partial charge is 0.397 e. The van der Waals surface area contributed by atoms with E-state index in [0.717, 1.165) is 0 Å². The maximum atomic E-state index is 12.2. The van der Waals surface area contributed by atoms with Crippen LogP contribution in [-0.4, -0.2) is 8.42 Å². The number of benzene rings is 2. The molecule has 4 nitrogen and oxygen atoms in total. The van der Waals surface area contributed by atoms with Crippen LogP contribution in [0, 0.1) is 0 Å². The molecule has 3 N–H and O–H groups in total. The Balaban J connectivity index is 2.36. The normalized spacial score (nSPS) is 11.3. The number of hydrogen-bond donors (Lipinski definition) is 2. The van der Waals surface area contributed by atoms with Crippen molar-refractivity contribution in [3.63, 3.8) is 0 Å². The Labute approximate surface area is 124 Å². The van der Waals surface area contributed by atoms with Gasteiger partial charge >= 0.3 is 0 Å². The molecule has 0 saturated heterocycles. The summed E-state index contributed by atoms with van der Waals surface area (Å²) in [5, 5.41) is 0.447. The lowest BCUT2D eigenvalue weighted by atomic mass is 10.3. The van der Waals surface area contributed by atoms with Crippen molar-refractivity contribution in [1.29, 1.82) is 0 Å². The fraction of sp³-hybridized carbons (Fsp3) is 0. The van der Waals surface area contributed by atoms with Crippen molar-refractivity contribution >= 4 is 48.9 Å². The Morgan fingerprint density at radius 3 is 2.53 bits per heavy atom. The van der Waals surface area contributed by atoms with E-state index >= 15 is 0 Å². The molecule has 0 fully saturated rings. The van der Waals surface area contributed by atoms with E-state index in [0.29, 0.717) is 15.2 Å². The minimum Gasteiger partial charge on any atom is -0.397 e. The zero-order valence-corrected chi connectivity index (χ0v) is 12.8. The van der Waals surface area contributed by atoms with Gasteiger partial charge in [0.2, 0.25) is 0 Å². The molecule has 0 radical (unpaired) electrons. The molecule has 0 aliphatic carbocycles. The molecule has 0 amide bonds.